The maximum absolute atomic E-state index is 12.3. The van der Waals surface area contributed by atoms with Crippen LogP contribution in [0.3, 0.4) is 0 Å². The summed E-state index contributed by atoms with van der Waals surface area (Å²) in [4.78, 5) is 25.9. The monoisotopic (exact) mass is 501 g/mol. The normalized spacial score (nSPS) is 14.7. The Kier molecular flexibility index (Phi) is 4.07. The van der Waals surface area contributed by atoms with Gasteiger partial charge in [-0.25, -0.2) is 0 Å². The second kappa shape index (κ2) is 5.00. The van der Waals surface area contributed by atoms with Crippen molar-refractivity contribution in [3.63, 3.8) is 0 Å². The van der Waals surface area contributed by atoms with Gasteiger partial charge in [0.25, 0.3) is 11.8 Å². The zero-order chi connectivity index (χ0) is 13.8. The Hall–Kier alpha value is 0.280. The van der Waals surface area contributed by atoms with Crippen LogP contribution in [0.1, 0.15) is 34.6 Å². The lowest BCUT2D eigenvalue weighted by Crippen LogP contribution is -2.36. The predicted molar refractivity (Wildman–Crippen MR) is 82.9 cm³/mol. The van der Waals surface area contributed by atoms with Crippen molar-refractivity contribution >= 4 is 75.5 Å². The molecule has 3 nitrogen and oxygen atoms in total. The largest absolute Gasteiger partial charge is 0.272 e. The minimum Gasteiger partial charge on any atom is -0.272 e. The van der Waals surface area contributed by atoms with Crippen molar-refractivity contribution in [3.8, 4) is 0 Å². The van der Waals surface area contributed by atoms with E-state index in [9.17, 15) is 9.59 Å². The number of rotatable bonds is 1. The number of halogens is 4. The molecule has 0 fully saturated rings. The fourth-order valence-electron chi connectivity index (χ4n) is 1.84. The fourth-order valence-corrected chi connectivity index (χ4v) is 4.29. The number of hydrogen-bond acceptors (Lipinski definition) is 2. The molecule has 1 aromatic rings. The van der Waals surface area contributed by atoms with Crippen LogP contribution in [-0.2, 0) is 0 Å². The van der Waals surface area contributed by atoms with E-state index < -0.39 is 0 Å². The second-order valence-electron chi connectivity index (χ2n) is 4.08. The molecule has 1 aliphatic heterocycles. The molecule has 0 bridgehead atoms. The number of benzene rings is 1. The van der Waals surface area contributed by atoms with Crippen LogP contribution in [0.2, 0.25) is 0 Å². The van der Waals surface area contributed by atoms with Gasteiger partial charge in [-0.05, 0) is 77.6 Å². The molecule has 0 saturated carbocycles. The molecule has 1 heterocycles. The van der Waals surface area contributed by atoms with Crippen molar-refractivity contribution in [2.75, 3.05) is 0 Å². The highest BCUT2D eigenvalue weighted by Crippen LogP contribution is 2.45. The molecule has 0 unspecified atom stereocenters. The van der Waals surface area contributed by atoms with E-state index in [1.54, 1.807) is 0 Å². The van der Waals surface area contributed by atoms with Gasteiger partial charge in [-0.15, -0.1) is 0 Å². The fraction of sp³-hybridized carbons (Fsp3) is 0.273. The van der Waals surface area contributed by atoms with Crippen molar-refractivity contribution in [2.24, 2.45) is 0 Å². The molecule has 2 amide bonds. The van der Waals surface area contributed by atoms with Gasteiger partial charge in [0, 0.05) is 23.9 Å². The lowest BCUT2D eigenvalue weighted by Gasteiger charge is -2.17. The standard InChI is InChI=1S/C11H7Br4NO2/c1-3(2)16-10(17)4-5(11(16)18)7(13)9(15)8(14)6(4)12/h3H,1-2H3. The van der Waals surface area contributed by atoms with Gasteiger partial charge in [-0.1, -0.05) is 0 Å². The smallest absolute Gasteiger partial charge is 0.263 e. The Labute approximate surface area is 138 Å². The summed E-state index contributed by atoms with van der Waals surface area (Å²) in [5.41, 5.74) is 0.798. The minimum absolute atomic E-state index is 0.172. The Bertz CT molecular complexity index is 536. The summed E-state index contributed by atoms with van der Waals surface area (Å²) >= 11 is 13.5. The third-order valence-electron chi connectivity index (χ3n) is 2.65. The van der Waals surface area contributed by atoms with Gasteiger partial charge < -0.3 is 0 Å². The summed E-state index contributed by atoms with van der Waals surface area (Å²) in [6.07, 6.45) is 0. The van der Waals surface area contributed by atoms with Crippen LogP contribution in [0.5, 0.6) is 0 Å². The van der Waals surface area contributed by atoms with E-state index in [0.29, 0.717) is 29.0 Å². The molecule has 1 aliphatic rings. The van der Waals surface area contributed by atoms with Crippen molar-refractivity contribution < 1.29 is 9.59 Å². The van der Waals surface area contributed by atoms with Crippen LogP contribution in [0.25, 0.3) is 0 Å². The van der Waals surface area contributed by atoms with Crippen molar-refractivity contribution in [2.45, 2.75) is 19.9 Å². The van der Waals surface area contributed by atoms with Gasteiger partial charge in [0.2, 0.25) is 0 Å². The van der Waals surface area contributed by atoms with Gasteiger partial charge in [0.1, 0.15) is 0 Å². The number of carbonyl (C=O) groups is 2. The summed E-state index contributed by atoms with van der Waals surface area (Å²) in [5.74, 6) is -0.545. The first kappa shape index (κ1) is 14.7. The maximum atomic E-state index is 12.3. The molecule has 0 aliphatic carbocycles. The van der Waals surface area contributed by atoms with Crippen LogP contribution >= 0.6 is 63.7 Å². The molecule has 7 heteroatoms. The first-order valence-electron chi connectivity index (χ1n) is 5.02. The van der Waals surface area contributed by atoms with Gasteiger partial charge in [-0.2, -0.15) is 0 Å². The van der Waals surface area contributed by atoms with Crippen LogP contribution in [-0.4, -0.2) is 22.8 Å². The molecule has 0 N–H and O–H groups in total. The Morgan fingerprint density at radius 2 is 1.11 bits per heavy atom. The van der Waals surface area contributed by atoms with Crippen molar-refractivity contribution in [3.05, 3.63) is 29.0 Å². The molecule has 0 saturated heterocycles. The second-order valence-corrected chi connectivity index (χ2v) is 7.25. The third-order valence-corrected chi connectivity index (χ3v) is 7.42. The molecule has 0 radical (unpaired) electrons. The van der Waals surface area contributed by atoms with Crippen LogP contribution < -0.4 is 0 Å². The molecule has 2 rings (SSSR count). The molecular weight excluding hydrogens is 498 g/mol. The summed E-state index contributed by atoms with van der Waals surface area (Å²) in [7, 11) is 0. The average Bonchev–Trinajstić information content (AvgIpc) is 2.55. The van der Waals surface area contributed by atoms with E-state index in [4.69, 9.17) is 0 Å². The van der Waals surface area contributed by atoms with Crippen molar-refractivity contribution in [1.29, 1.82) is 0 Å². The van der Waals surface area contributed by atoms with E-state index in [1.807, 2.05) is 13.8 Å². The molecule has 0 spiro atoms. The summed E-state index contributed by atoms with van der Waals surface area (Å²) in [6, 6.07) is -0.172. The molecule has 0 atom stereocenters. The van der Waals surface area contributed by atoms with Gasteiger partial charge in [0.15, 0.2) is 0 Å². The number of fused-ring (bicyclic) bond motifs is 1. The first-order valence-corrected chi connectivity index (χ1v) is 8.20. The highest BCUT2D eigenvalue weighted by atomic mass is 79.9. The van der Waals surface area contributed by atoms with E-state index >= 15 is 0 Å². The lowest BCUT2D eigenvalue weighted by molar-refractivity contribution is 0.0608. The summed E-state index contributed by atoms with van der Waals surface area (Å²) < 4.78 is 2.60. The maximum Gasteiger partial charge on any atom is 0.263 e. The minimum atomic E-state index is -0.272. The van der Waals surface area contributed by atoms with Crippen LogP contribution in [0, 0.1) is 0 Å². The Morgan fingerprint density at radius 3 is 1.39 bits per heavy atom. The predicted octanol–water partition coefficient (Wildman–Crippen LogP) is 4.74. The quantitative estimate of drug-likeness (QED) is 0.315. The summed E-state index contributed by atoms with van der Waals surface area (Å²) in [6.45, 7) is 3.63. The molecular formula is C11H7Br4NO2. The lowest BCUT2D eigenvalue weighted by atomic mass is 10.1. The number of nitrogens with zero attached hydrogens (tertiary/aromatic N) is 1. The molecule has 96 valence electrons. The zero-order valence-corrected chi connectivity index (χ0v) is 15.7. The molecule has 18 heavy (non-hydrogen) atoms. The van der Waals surface area contributed by atoms with E-state index in [0.717, 1.165) is 0 Å². The molecule has 0 aromatic heterocycles. The summed E-state index contributed by atoms with van der Waals surface area (Å²) in [5, 5.41) is 0. The van der Waals surface area contributed by atoms with Gasteiger partial charge in [0.05, 0.1) is 11.1 Å². The Morgan fingerprint density at radius 1 is 0.778 bits per heavy atom. The first-order chi connectivity index (χ1) is 8.29. The number of carbonyl (C=O) groups excluding carboxylic acids is 2. The highest BCUT2D eigenvalue weighted by Gasteiger charge is 2.41. The van der Waals surface area contributed by atoms with E-state index in [2.05, 4.69) is 63.7 Å². The van der Waals surface area contributed by atoms with E-state index in [-0.39, 0.29) is 17.9 Å². The van der Waals surface area contributed by atoms with Crippen LogP contribution in [0.4, 0.5) is 0 Å². The topological polar surface area (TPSA) is 37.4 Å². The third kappa shape index (κ3) is 1.94. The van der Waals surface area contributed by atoms with E-state index in [1.165, 1.54) is 4.90 Å². The molecule has 1 aromatic carbocycles. The number of hydrogen-bond donors (Lipinski definition) is 0. The van der Waals surface area contributed by atoms with Gasteiger partial charge in [-0.3, -0.25) is 14.5 Å². The van der Waals surface area contributed by atoms with Gasteiger partial charge >= 0.3 is 0 Å². The van der Waals surface area contributed by atoms with Crippen LogP contribution in [0.15, 0.2) is 17.9 Å². The average molecular weight is 505 g/mol. The van der Waals surface area contributed by atoms with Crippen molar-refractivity contribution in [1.82, 2.24) is 4.90 Å². The number of imide groups is 1. The Balaban J connectivity index is 2.80. The SMILES string of the molecule is CC(C)N1C(=O)c2c(Br)c(Br)c(Br)c(Br)c2C1=O. The highest BCUT2D eigenvalue weighted by molar-refractivity contribution is 9.15. The number of amides is 2. The zero-order valence-electron chi connectivity index (χ0n) is 9.35.